The van der Waals surface area contributed by atoms with Crippen LogP contribution in [0, 0.1) is 11.6 Å². The number of hydrogen-bond donors (Lipinski definition) is 2. The summed E-state index contributed by atoms with van der Waals surface area (Å²) < 4.78 is 33.3. The summed E-state index contributed by atoms with van der Waals surface area (Å²) in [6.45, 7) is 1.87. The van der Waals surface area contributed by atoms with E-state index < -0.39 is 23.3 Å². The molecule has 1 atom stereocenters. The van der Waals surface area contributed by atoms with Gasteiger partial charge in [-0.05, 0) is 25.1 Å². The van der Waals surface area contributed by atoms with Crippen molar-refractivity contribution in [2.75, 3.05) is 11.9 Å². The zero-order valence-corrected chi connectivity index (χ0v) is 15.3. The summed E-state index contributed by atoms with van der Waals surface area (Å²) in [5.74, 6) is -1.81. The van der Waals surface area contributed by atoms with Crippen molar-refractivity contribution in [3.05, 3.63) is 52.5 Å². The van der Waals surface area contributed by atoms with Crippen LogP contribution in [0.3, 0.4) is 0 Å². The predicted octanol–water partition coefficient (Wildman–Crippen LogP) is 2.61. The molecule has 0 saturated heterocycles. The van der Waals surface area contributed by atoms with Gasteiger partial charge in [-0.2, -0.15) is 4.98 Å². The Kier molecular flexibility index (Phi) is 6.29. The number of anilines is 1. The average Bonchev–Trinajstić information content (AvgIpc) is 2.60. The summed E-state index contributed by atoms with van der Waals surface area (Å²) in [5.41, 5.74) is -0.202. The molecule has 0 saturated carbocycles. The molecule has 144 valence electrons. The largest absolute Gasteiger partial charge is 0.448 e. The molecule has 0 aliphatic heterocycles. The fraction of sp³-hybridized carbons (Fsp3) is 0.235. The van der Waals surface area contributed by atoms with Crippen molar-refractivity contribution in [3.63, 3.8) is 0 Å². The first-order valence-corrected chi connectivity index (χ1v) is 7.77. The first kappa shape index (κ1) is 20.5. The molecule has 0 aliphatic carbocycles. The van der Waals surface area contributed by atoms with Gasteiger partial charge in [0.2, 0.25) is 5.95 Å². The van der Waals surface area contributed by atoms with Crippen LogP contribution in [-0.4, -0.2) is 32.3 Å². The van der Waals surface area contributed by atoms with Crippen LogP contribution in [0.2, 0.25) is 0 Å². The smallest absolute Gasteiger partial charge is 0.294 e. The topological polar surface area (TPSA) is 89.3 Å². The van der Waals surface area contributed by atoms with Gasteiger partial charge in [0.05, 0.1) is 6.10 Å². The van der Waals surface area contributed by atoms with Crippen LogP contribution in [0.15, 0.2) is 35.3 Å². The molecular weight excluding hydrogens is 382 g/mol. The highest BCUT2D eigenvalue weighted by atomic mass is 35.5. The third kappa shape index (κ3) is 4.50. The van der Waals surface area contributed by atoms with E-state index in [0.29, 0.717) is 17.1 Å². The third-order valence-electron chi connectivity index (χ3n) is 3.59. The number of aliphatic hydroxyl groups excluding tert-OH is 1. The van der Waals surface area contributed by atoms with Crippen molar-refractivity contribution in [2.45, 2.75) is 13.0 Å². The summed E-state index contributed by atoms with van der Waals surface area (Å²) in [5, 5.41) is 12.6. The second-order valence-electron chi connectivity index (χ2n) is 5.75. The molecule has 2 N–H and O–H groups in total. The van der Waals surface area contributed by atoms with Crippen LogP contribution in [0.1, 0.15) is 6.92 Å². The van der Waals surface area contributed by atoms with E-state index >= 15 is 0 Å². The fourth-order valence-corrected chi connectivity index (χ4v) is 2.29. The molecule has 0 radical (unpaired) electrons. The van der Waals surface area contributed by atoms with Crippen molar-refractivity contribution >= 4 is 29.4 Å². The molecule has 0 amide bonds. The summed E-state index contributed by atoms with van der Waals surface area (Å²) in [7, 11) is 1.49. The SMILES string of the molecule is CC(O)CNc1ncc2cc(Oc3ccc(F)cc3F)c(=O)n(C)c2n1.Cl. The third-order valence-corrected chi connectivity index (χ3v) is 3.59. The number of nitrogens with one attached hydrogen (secondary N) is 1. The van der Waals surface area contributed by atoms with Crippen molar-refractivity contribution in [2.24, 2.45) is 7.05 Å². The minimum absolute atomic E-state index is 0. The van der Waals surface area contributed by atoms with E-state index in [1.165, 1.54) is 23.9 Å². The Morgan fingerprint density at radius 1 is 1.30 bits per heavy atom. The molecule has 0 spiro atoms. The number of hydrogen-bond acceptors (Lipinski definition) is 6. The normalized spacial score (nSPS) is 11.7. The number of aromatic nitrogens is 3. The monoisotopic (exact) mass is 398 g/mol. The summed E-state index contributed by atoms with van der Waals surface area (Å²) in [4.78, 5) is 20.8. The minimum Gasteiger partial charge on any atom is -0.448 e. The zero-order valence-electron chi connectivity index (χ0n) is 14.4. The number of rotatable bonds is 5. The van der Waals surface area contributed by atoms with Crippen molar-refractivity contribution in [1.82, 2.24) is 14.5 Å². The molecule has 10 heteroatoms. The van der Waals surface area contributed by atoms with Crippen molar-refractivity contribution in [1.29, 1.82) is 0 Å². The molecule has 1 aromatic carbocycles. The predicted molar refractivity (Wildman–Crippen MR) is 98.6 cm³/mol. The molecule has 2 heterocycles. The van der Waals surface area contributed by atoms with E-state index in [4.69, 9.17) is 4.74 Å². The number of nitrogens with zero attached hydrogens (tertiary/aromatic N) is 3. The Hall–Kier alpha value is -2.78. The highest BCUT2D eigenvalue weighted by molar-refractivity contribution is 5.85. The molecular formula is C17H17ClF2N4O3. The Balaban J connectivity index is 0.00000261. The van der Waals surface area contributed by atoms with Crippen molar-refractivity contribution < 1.29 is 18.6 Å². The maximum atomic E-state index is 13.8. The summed E-state index contributed by atoms with van der Waals surface area (Å²) in [6.07, 6.45) is 0.888. The first-order chi connectivity index (χ1) is 12.3. The Bertz CT molecular complexity index is 1030. The molecule has 27 heavy (non-hydrogen) atoms. The fourth-order valence-electron chi connectivity index (χ4n) is 2.29. The molecule has 0 aliphatic rings. The van der Waals surface area contributed by atoms with E-state index in [1.807, 2.05) is 0 Å². The number of aliphatic hydroxyl groups is 1. The maximum Gasteiger partial charge on any atom is 0.294 e. The maximum absolute atomic E-state index is 13.8. The van der Waals surface area contributed by atoms with Crippen LogP contribution < -0.4 is 15.6 Å². The Morgan fingerprint density at radius 2 is 2.04 bits per heavy atom. The lowest BCUT2D eigenvalue weighted by Gasteiger charge is -2.11. The van der Waals surface area contributed by atoms with Gasteiger partial charge in [-0.1, -0.05) is 0 Å². The van der Waals surface area contributed by atoms with Gasteiger partial charge in [0.1, 0.15) is 11.5 Å². The van der Waals surface area contributed by atoms with Gasteiger partial charge >= 0.3 is 0 Å². The molecule has 1 unspecified atom stereocenters. The van der Waals surface area contributed by atoms with Gasteiger partial charge < -0.3 is 15.2 Å². The number of pyridine rings is 1. The van der Waals surface area contributed by atoms with Crippen LogP contribution in [0.25, 0.3) is 11.0 Å². The van der Waals surface area contributed by atoms with E-state index in [2.05, 4.69) is 15.3 Å². The van der Waals surface area contributed by atoms with Crippen LogP contribution in [-0.2, 0) is 7.05 Å². The highest BCUT2D eigenvalue weighted by Crippen LogP contribution is 2.24. The summed E-state index contributed by atoms with van der Waals surface area (Å²) in [6, 6.07) is 4.20. The lowest BCUT2D eigenvalue weighted by molar-refractivity contribution is 0.208. The number of fused-ring (bicyclic) bond motifs is 1. The van der Waals surface area contributed by atoms with Gasteiger partial charge in [-0.15, -0.1) is 12.4 Å². The van der Waals surface area contributed by atoms with E-state index in [9.17, 15) is 18.7 Å². The minimum atomic E-state index is -0.916. The zero-order chi connectivity index (χ0) is 18.8. The van der Waals surface area contributed by atoms with Crippen LogP contribution in [0.4, 0.5) is 14.7 Å². The van der Waals surface area contributed by atoms with Crippen LogP contribution >= 0.6 is 12.4 Å². The van der Waals surface area contributed by atoms with Gasteiger partial charge in [0.15, 0.2) is 17.3 Å². The standard InChI is InChI=1S/C17H16F2N4O3.ClH/c1-9(24)7-20-17-21-8-10-5-14(16(25)23(2)15(10)22-17)26-13-4-3-11(18)6-12(13)19;/h3-6,8-9,24H,7H2,1-2H3,(H,20,21,22);1H. The number of aryl methyl sites for hydroxylation is 1. The summed E-state index contributed by atoms with van der Waals surface area (Å²) >= 11 is 0. The van der Waals surface area contributed by atoms with Crippen LogP contribution in [0.5, 0.6) is 11.5 Å². The molecule has 0 fully saturated rings. The molecule has 3 rings (SSSR count). The van der Waals surface area contributed by atoms with Crippen molar-refractivity contribution in [3.8, 4) is 11.5 Å². The van der Waals surface area contributed by atoms with E-state index in [0.717, 1.165) is 12.1 Å². The second-order valence-corrected chi connectivity index (χ2v) is 5.75. The lowest BCUT2D eigenvalue weighted by atomic mass is 10.3. The first-order valence-electron chi connectivity index (χ1n) is 7.77. The second kappa shape index (κ2) is 8.28. The Labute approximate surface area is 159 Å². The van der Waals surface area contributed by atoms with Gasteiger partial charge in [0, 0.05) is 31.2 Å². The number of benzene rings is 1. The Morgan fingerprint density at radius 3 is 2.70 bits per heavy atom. The number of ether oxygens (including phenoxy) is 1. The lowest BCUT2D eigenvalue weighted by Crippen LogP contribution is -2.21. The number of halogens is 3. The molecule has 7 nitrogen and oxygen atoms in total. The van der Waals surface area contributed by atoms with Gasteiger partial charge in [-0.3, -0.25) is 9.36 Å². The molecule has 0 bridgehead atoms. The highest BCUT2D eigenvalue weighted by Gasteiger charge is 2.14. The molecule has 2 aromatic heterocycles. The van der Waals surface area contributed by atoms with E-state index in [1.54, 1.807) is 6.92 Å². The van der Waals surface area contributed by atoms with E-state index in [-0.39, 0.29) is 36.4 Å². The molecule has 3 aromatic rings. The quantitative estimate of drug-likeness (QED) is 0.686. The average molecular weight is 399 g/mol. The van der Waals surface area contributed by atoms with Gasteiger partial charge in [0.25, 0.3) is 5.56 Å². The van der Waals surface area contributed by atoms with Gasteiger partial charge in [-0.25, -0.2) is 13.8 Å².